The van der Waals surface area contributed by atoms with Gasteiger partial charge in [0.2, 0.25) is 0 Å². The predicted molar refractivity (Wildman–Crippen MR) is 123 cm³/mol. The Kier molecular flexibility index (Phi) is 6.62. The number of Topliss-reactive ketones (excluding diaryl/α,β-unsaturated/α-hetero) is 1. The largest absolute Gasteiger partial charge is 0.507 e. The molecule has 7 heteroatoms. The van der Waals surface area contributed by atoms with Gasteiger partial charge in [0.25, 0.3) is 0 Å². The summed E-state index contributed by atoms with van der Waals surface area (Å²) in [6.45, 7) is 6.35. The van der Waals surface area contributed by atoms with Crippen molar-refractivity contribution in [2.24, 2.45) is 0 Å². The number of rotatable bonds is 6. The van der Waals surface area contributed by atoms with Gasteiger partial charge in [0.15, 0.2) is 5.78 Å². The second-order valence-corrected chi connectivity index (χ2v) is 8.14. The number of carbonyl (C=O) groups is 1. The van der Waals surface area contributed by atoms with E-state index in [4.69, 9.17) is 4.42 Å². The molecule has 7 nitrogen and oxygen atoms in total. The number of aryl methyl sites for hydroxylation is 1. The highest BCUT2D eigenvalue weighted by Gasteiger charge is 2.34. The summed E-state index contributed by atoms with van der Waals surface area (Å²) in [4.78, 5) is 25.2. The topological polar surface area (TPSA) is 128 Å². The highest BCUT2D eigenvalue weighted by Crippen LogP contribution is 2.50. The molecule has 1 aromatic heterocycles. The van der Waals surface area contributed by atoms with Gasteiger partial charge < -0.3 is 24.8 Å². The van der Waals surface area contributed by atoms with E-state index in [1.807, 2.05) is 13.8 Å². The number of hydrogen-bond donors (Lipinski definition) is 4. The van der Waals surface area contributed by atoms with Gasteiger partial charge in [-0.25, -0.2) is 4.79 Å². The number of carbonyl (C=O) groups excluding carboxylic acids is 1. The van der Waals surface area contributed by atoms with Crippen LogP contribution in [0.5, 0.6) is 23.0 Å². The Balaban J connectivity index is 2.49. The fourth-order valence-corrected chi connectivity index (χ4v) is 3.89. The van der Waals surface area contributed by atoms with Crippen LogP contribution in [0.2, 0.25) is 0 Å². The van der Waals surface area contributed by atoms with Crippen LogP contribution in [0.1, 0.15) is 65.1 Å². The second-order valence-electron chi connectivity index (χ2n) is 8.14. The fourth-order valence-electron chi connectivity index (χ4n) is 3.89. The lowest BCUT2D eigenvalue weighted by atomic mass is 9.81. The predicted octanol–water partition coefficient (Wildman–Crippen LogP) is 4.66. The normalized spacial score (nSPS) is 11.8. The summed E-state index contributed by atoms with van der Waals surface area (Å²) in [7, 11) is 0. The minimum Gasteiger partial charge on any atom is -0.507 e. The van der Waals surface area contributed by atoms with Crippen molar-refractivity contribution in [2.45, 2.75) is 40.0 Å². The lowest BCUT2D eigenvalue weighted by molar-refractivity contribution is 0.101. The molecule has 0 aliphatic rings. The number of hydrogen-bond acceptors (Lipinski definition) is 7. The molecule has 1 unspecified atom stereocenters. The maximum Gasteiger partial charge on any atom is 0.343 e. The molecule has 2 aromatic carbocycles. The Bertz CT molecular complexity index is 1300. The molecule has 0 bridgehead atoms. The Morgan fingerprint density at radius 3 is 2.15 bits per heavy atom. The smallest absolute Gasteiger partial charge is 0.343 e. The first-order valence-electron chi connectivity index (χ1n) is 10.4. The van der Waals surface area contributed by atoms with Crippen LogP contribution in [-0.2, 0) is 6.42 Å². The molecule has 0 amide bonds. The fraction of sp³-hybridized carbons (Fsp3) is 0.231. The quantitative estimate of drug-likeness (QED) is 0.317. The van der Waals surface area contributed by atoms with E-state index in [1.54, 1.807) is 36.4 Å². The van der Waals surface area contributed by atoms with Crippen LogP contribution in [0.15, 0.2) is 57.3 Å². The number of ketones is 1. The molecule has 0 saturated carbocycles. The molecule has 0 fully saturated rings. The molecule has 4 N–H and O–H groups in total. The van der Waals surface area contributed by atoms with Crippen molar-refractivity contribution in [3.8, 4) is 23.0 Å². The summed E-state index contributed by atoms with van der Waals surface area (Å²) >= 11 is 0. The average Bonchev–Trinajstić information content (AvgIpc) is 2.72. The van der Waals surface area contributed by atoms with E-state index >= 15 is 0 Å². The van der Waals surface area contributed by atoms with E-state index in [-0.39, 0.29) is 40.2 Å². The van der Waals surface area contributed by atoms with Crippen molar-refractivity contribution in [1.29, 1.82) is 0 Å². The van der Waals surface area contributed by atoms with Crippen LogP contribution in [0.3, 0.4) is 0 Å². The SMILES string of the molecule is CC(=O)c1c(O)c(CC=C(C)C)c(O)c(C(c2ccccc2)c2c(O)cc(C)oc2=O)c1O. The molecule has 3 aromatic rings. The molecule has 0 saturated heterocycles. The molecule has 1 atom stereocenters. The molecular formula is C26H26O7. The zero-order chi connectivity index (χ0) is 24.4. The maximum atomic E-state index is 12.8. The molecule has 0 aliphatic carbocycles. The number of aromatic hydroxyl groups is 4. The lowest BCUT2D eigenvalue weighted by Crippen LogP contribution is -2.17. The molecule has 0 radical (unpaired) electrons. The van der Waals surface area contributed by atoms with Gasteiger partial charge in [-0.3, -0.25) is 4.79 Å². The van der Waals surface area contributed by atoms with Gasteiger partial charge in [-0.2, -0.15) is 0 Å². The summed E-state index contributed by atoms with van der Waals surface area (Å²) in [5.74, 6) is -3.72. The number of allylic oxidation sites excluding steroid dienone is 2. The molecule has 0 spiro atoms. The first-order chi connectivity index (χ1) is 15.5. The van der Waals surface area contributed by atoms with Crippen molar-refractivity contribution in [3.63, 3.8) is 0 Å². The Labute approximate surface area is 190 Å². The Morgan fingerprint density at radius 2 is 1.61 bits per heavy atom. The van der Waals surface area contributed by atoms with Crippen LogP contribution in [0.4, 0.5) is 0 Å². The Hall–Kier alpha value is -4.00. The highest BCUT2D eigenvalue weighted by molar-refractivity contribution is 6.01. The van der Waals surface area contributed by atoms with E-state index < -0.39 is 34.6 Å². The maximum absolute atomic E-state index is 12.8. The summed E-state index contributed by atoms with van der Waals surface area (Å²) in [5.41, 5.74) is -0.267. The second kappa shape index (κ2) is 9.24. The van der Waals surface area contributed by atoms with Gasteiger partial charge in [-0.1, -0.05) is 42.0 Å². The molecule has 3 rings (SSSR count). The zero-order valence-electron chi connectivity index (χ0n) is 18.8. The van der Waals surface area contributed by atoms with Crippen molar-refractivity contribution < 1.29 is 29.6 Å². The summed E-state index contributed by atoms with van der Waals surface area (Å²) in [5, 5.41) is 43.7. The van der Waals surface area contributed by atoms with E-state index in [0.29, 0.717) is 5.56 Å². The standard InChI is InChI=1S/C26H26O7/c1-13(2)10-11-17-23(29)19(15(4)27)25(31)22(24(17)30)20(16-8-6-5-7-9-16)21-18(28)12-14(3)33-26(21)32/h5-10,12,20,28-31H,11H2,1-4H3. The van der Waals surface area contributed by atoms with E-state index in [0.717, 1.165) is 5.57 Å². The third-order valence-corrected chi connectivity index (χ3v) is 5.42. The first kappa shape index (κ1) is 23.7. The van der Waals surface area contributed by atoms with Gasteiger partial charge in [0.05, 0.1) is 11.5 Å². The van der Waals surface area contributed by atoms with Crippen LogP contribution < -0.4 is 5.63 Å². The van der Waals surface area contributed by atoms with Crippen LogP contribution in [0.25, 0.3) is 0 Å². The third-order valence-electron chi connectivity index (χ3n) is 5.42. The van der Waals surface area contributed by atoms with Gasteiger partial charge in [0, 0.05) is 17.2 Å². The third kappa shape index (κ3) is 4.48. The minimum atomic E-state index is -1.19. The lowest BCUT2D eigenvalue weighted by Gasteiger charge is -2.24. The van der Waals surface area contributed by atoms with Crippen LogP contribution >= 0.6 is 0 Å². The van der Waals surface area contributed by atoms with Gasteiger partial charge in [-0.05, 0) is 39.7 Å². The van der Waals surface area contributed by atoms with Gasteiger partial charge >= 0.3 is 5.63 Å². The Morgan fingerprint density at radius 1 is 0.970 bits per heavy atom. The number of phenols is 3. The monoisotopic (exact) mass is 450 g/mol. The number of phenolic OH excluding ortho intramolecular Hbond substituents is 3. The summed E-state index contributed by atoms with van der Waals surface area (Å²) < 4.78 is 5.20. The first-order valence-corrected chi connectivity index (χ1v) is 10.4. The van der Waals surface area contributed by atoms with Crippen LogP contribution in [0, 0.1) is 6.92 Å². The average molecular weight is 450 g/mol. The van der Waals surface area contributed by atoms with Gasteiger partial charge in [0.1, 0.15) is 34.3 Å². The van der Waals surface area contributed by atoms with E-state index in [1.165, 1.54) is 19.9 Å². The van der Waals surface area contributed by atoms with Crippen molar-refractivity contribution in [3.05, 3.63) is 92.0 Å². The number of benzene rings is 2. The highest BCUT2D eigenvalue weighted by atomic mass is 16.4. The summed E-state index contributed by atoms with van der Waals surface area (Å²) in [6.07, 6.45) is 1.82. The van der Waals surface area contributed by atoms with Crippen LogP contribution in [-0.4, -0.2) is 26.2 Å². The molecule has 1 heterocycles. The van der Waals surface area contributed by atoms with E-state index in [2.05, 4.69) is 0 Å². The molecular weight excluding hydrogens is 424 g/mol. The molecule has 172 valence electrons. The zero-order valence-corrected chi connectivity index (χ0v) is 18.8. The molecule has 0 aliphatic heterocycles. The van der Waals surface area contributed by atoms with Crippen molar-refractivity contribution in [2.75, 3.05) is 0 Å². The van der Waals surface area contributed by atoms with Crippen molar-refractivity contribution in [1.82, 2.24) is 0 Å². The minimum absolute atomic E-state index is 0.0196. The molecule has 33 heavy (non-hydrogen) atoms. The van der Waals surface area contributed by atoms with Gasteiger partial charge in [-0.15, -0.1) is 0 Å². The van der Waals surface area contributed by atoms with Crippen molar-refractivity contribution >= 4 is 5.78 Å². The summed E-state index contributed by atoms with van der Waals surface area (Å²) in [6, 6.07) is 9.70. The van der Waals surface area contributed by atoms with E-state index in [9.17, 15) is 30.0 Å².